The van der Waals surface area contributed by atoms with Crippen molar-refractivity contribution in [2.45, 2.75) is 0 Å². The van der Waals surface area contributed by atoms with Gasteiger partial charge in [0.2, 0.25) is 0 Å². The zero-order valence-corrected chi connectivity index (χ0v) is 15.6. The van der Waals surface area contributed by atoms with Crippen LogP contribution in [0.15, 0.2) is 48.5 Å². The monoisotopic (exact) mass is 450 g/mol. The Morgan fingerprint density at radius 2 is 1.96 bits per heavy atom. The standard InChI is InChI=1S/C17H14ClFO3Te/c1-21-13-6-7-16(22-2)14(9-13)17(23-18)10-15(20)11-4-3-5-12(19)8-11/h3-10H,1-2H3/b17-10-. The molecule has 0 atom stereocenters. The average molecular weight is 448 g/mol. The predicted octanol–water partition coefficient (Wildman–Crippen LogP) is 3.92. The summed E-state index contributed by atoms with van der Waals surface area (Å²) in [6.45, 7) is 0. The molecule has 0 bridgehead atoms. The fraction of sp³-hybridized carbons (Fsp3) is 0.118. The number of benzene rings is 2. The minimum atomic E-state index is -1.12. The molecule has 3 nitrogen and oxygen atoms in total. The number of halogens is 2. The molecule has 0 N–H and O–H groups in total. The Morgan fingerprint density at radius 3 is 2.57 bits per heavy atom. The third-order valence-corrected chi connectivity index (χ3v) is 5.68. The van der Waals surface area contributed by atoms with Gasteiger partial charge in [-0.3, -0.25) is 0 Å². The van der Waals surface area contributed by atoms with Crippen LogP contribution in [-0.2, 0) is 0 Å². The molecule has 0 aliphatic carbocycles. The van der Waals surface area contributed by atoms with Crippen LogP contribution in [0, 0.1) is 5.82 Å². The molecular formula is C17H14ClFO3Te. The van der Waals surface area contributed by atoms with Gasteiger partial charge in [-0.15, -0.1) is 0 Å². The van der Waals surface area contributed by atoms with E-state index in [2.05, 4.69) is 0 Å². The molecule has 120 valence electrons. The molecule has 23 heavy (non-hydrogen) atoms. The van der Waals surface area contributed by atoms with E-state index in [0.29, 0.717) is 20.7 Å². The van der Waals surface area contributed by atoms with Gasteiger partial charge in [-0.05, 0) is 0 Å². The number of methoxy groups -OCH3 is 2. The summed E-state index contributed by atoms with van der Waals surface area (Å²) < 4.78 is 24.5. The third kappa shape index (κ3) is 4.48. The van der Waals surface area contributed by atoms with Gasteiger partial charge in [-0.2, -0.15) is 0 Å². The van der Waals surface area contributed by atoms with Gasteiger partial charge in [0.15, 0.2) is 0 Å². The van der Waals surface area contributed by atoms with Gasteiger partial charge in [0.05, 0.1) is 0 Å². The van der Waals surface area contributed by atoms with Crippen molar-refractivity contribution in [3.63, 3.8) is 0 Å². The molecule has 0 spiro atoms. The number of hydrogen-bond donors (Lipinski definition) is 0. The molecule has 2 rings (SSSR count). The van der Waals surface area contributed by atoms with Crippen LogP contribution in [-0.4, -0.2) is 39.8 Å². The van der Waals surface area contributed by atoms with Crippen molar-refractivity contribution >= 4 is 38.2 Å². The van der Waals surface area contributed by atoms with E-state index in [1.807, 2.05) is 0 Å². The molecule has 0 aliphatic rings. The van der Waals surface area contributed by atoms with E-state index in [1.165, 1.54) is 24.3 Å². The molecule has 0 aliphatic heterocycles. The fourth-order valence-electron chi connectivity index (χ4n) is 1.99. The minimum absolute atomic E-state index is 0.280. The van der Waals surface area contributed by atoms with Gasteiger partial charge in [0, 0.05) is 0 Å². The van der Waals surface area contributed by atoms with Crippen molar-refractivity contribution in [2.24, 2.45) is 0 Å². The van der Waals surface area contributed by atoms with Crippen LogP contribution in [0.5, 0.6) is 11.5 Å². The summed E-state index contributed by atoms with van der Waals surface area (Å²) in [6.07, 6.45) is 1.45. The van der Waals surface area contributed by atoms with Crippen LogP contribution >= 0.6 is 8.96 Å². The Bertz CT molecular complexity index is 746. The summed E-state index contributed by atoms with van der Waals surface area (Å²) in [4.78, 5) is 12.3. The molecule has 0 amide bonds. The van der Waals surface area contributed by atoms with E-state index >= 15 is 0 Å². The van der Waals surface area contributed by atoms with Crippen LogP contribution in [0.2, 0.25) is 0 Å². The van der Waals surface area contributed by atoms with Crippen molar-refractivity contribution in [3.05, 3.63) is 65.5 Å². The Hall–Kier alpha value is -1.54. The van der Waals surface area contributed by atoms with Crippen LogP contribution in [0.1, 0.15) is 15.9 Å². The summed E-state index contributed by atoms with van der Waals surface area (Å²) in [5.41, 5.74) is 0.996. The summed E-state index contributed by atoms with van der Waals surface area (Å²) in [5.74, 6) is 0.500. The molecule has 0 aromatic heterocycles. The number of rotatable bonds is 6. The third-order valence-electron chi connectivity index (χ3n) is 3.13. The maximum atomic E-state index is 13.3. The van der Waals surface area contributed by atoms with Crippen LogP contribution in [0.3, 0.4) is 0 Å². The second kappa shape index (κ2) is 8.35. The number of allylic oxidation sites excluding steroid dienone is 1. The number of ketones is 1. The predicted molar refractivity (Wildman–Crippen MR) is 89.9 cm³/mol. The Balaban J connectivity index is 2.44. The molecular weight excluding hydrogens is 434 g/mol. The van der Waals surface area contributed by atoms with Crippen molar-refractivity contribution in [1.29, 1.82) is 0 Å². The molecule has 0 fully saturated rings. The van der Waals surface area contributed by atoms with E-state index in [4.69, 9.17) is 18.4 Å². The van der Waals surface area contributed by atoms with Crippen molar-refractivity contribution < 1.29 is 18.7 Å². The maximum absolute atomic E-state index is 13.3. The normalized spacial score (nSPS) is 11.2. The molecule has 0 radical (unpaired) electrons. The van der Waals surface area contributed by atoms with Gasteiger partial charge in [0.25, 0.3) is 0 Å². The van der Waals surface area contributed by atoms with E-state index < -0.39 is 25.6 Å². The van der Waals surface area contributed by atoms with Gasteiger partial charge in [-0.1, -0.05) is 0 Å². The first-order chi connectivity index (χ1) is 11.1. The number of carbonyl (C=O) groups excluding carboxylic acids is 1. The van der Waals surface area contributed by atoms with E-state index in [0.717, 1.165) is 0 Å². The first-order valence-corrected chi connectivity index (χ1v) is 10.7. The molecule has 2 aromatic rings. The molecule has 2 aromatic carbocycles. The topological polar surface area (TPSA) is 35.5 Å². The first kappa shape index (κ1) is 17.8. The molecule has 0 unspecified atom stereocenters. The second-order valence-electron chi connectivity index (χ2n) is 4.53. The number of ether oxygens (including phenoxy) is 2. The number of hydrogen-bond acceptors (Lipinski definition) is 3. The zero-order chi connectivity index (χ0) is 16.8. The van der Waals surface area contributed by atoms with Gasteiger partial charge < -0.3 is 0 Å². The molecule has 0 heterocycles. The van der Waals surface area contributed by atoms with Crippen molar-refractivity contribution in [1.82, 2.24) is 0 Å². The quantitative estimate of drug-likeness (QED) is 0.382. The molecule has 0 saturated heterocycles. The second-order valence-corrected chi connectivity index (χ2v) is 7.26. The van der Waals surface area contributed by atoms with E-state index in [1.54, 1.807) is 38.5 Å². The van der Waals surface area contributed by atoms with E-state index in [-0.39, 0.29) is 11.3 Å². The Labute approximate surface area is 147 Å². The molecule has 6 heteroatoms. The van der Waals surface area contributed by atoms with Crippen molar-refractivity contribution in [3.8, 4) is 11.5 Å². The number of carbonyl (C=O) groups is 1. The SMILES string of the molecule is COc1ccc(OC)c(/C(=C/C(=O)c2cccc(F)c2)[Te]Cl)c1. The summed E-state index contributed by atoms with van der Waals surface area (Å²) >= 11 is -1.12. The average Bonchev–Trinajstić information content (AvgIpc) is 2.58. The zero-order valence-electron chi connectivity index (χ0n) is 12.5. The van der Waals surface area contributed by atoms with Crippen molar-refractivity contribution in [2.75, 3.05) is 14.2 Å². The fourth-order valence-corrected chi connectivity index (χ4v) is 3.97. The van der Waals surface area contributed by atoms with Gasteiger partial charge >= 0.3 is 148 Å². The van der Waals surface area contributed by atoms with Crippen LogP contribution in [0.4, 0.5) is 4.39 Å². The first-order valence-electron chi connectivity index (χ1n) is 6.61. The van der Waals surface area contributed by atoms with Crippen LogP contribution in [0.25, 0.3) is 3.62 Å². The van der Waals surface area contributed by atoms with E-state index in [9.17, 15) is 9.18 Å². The summed E-state index contributed by atoms with van der Waals surface area (Å²) in [6, 6.07) is 10.9. The van der Waals surface area contributed by atoms with Gasteiger partial charge in [0.1, 0.15) is 0 Å². The Kier molecular flexibility index (Phi) is 6.47. The van der Waals surface area contributed by atoms with Crippen LogP contribution < -0.4 is 9.47 Å². The summed E-state index contributed by atoms with van der Waals surface area (Å²) in [7, 11) is 9.24. The summed E-state index contributed by atoms with van der Waals surface area (Å²) in [5, 5.41) is 0. The molecule has 0 saturated carbocycles. The Morgan fingerprint density at radius 1 is 1.17 bits per heavy atom. The van der Waals surface area contributed by atoms with Gasteiger partial charge in [-0.25, -0.2) is 0 Å².